The molecule has 3 aliphatic rings. The van der Waals surface area contributed by atoms with Crippen molar-refractivity contribution in [2.45, 2.75) is 12.3 Å². The third kappa shape index (κ3) is 2.23. The van der Waals surface area contributed by atoms with Crippen molar-refractivity contribution < 1.29 is 9.64 Å². The van der Waals surface area contributed by atoms with E-state index in [1.54, 1.807) is 4.90 Å². The molecule has 1 saturated heterocycles. The first-order chi connectivity index (χ1) is 10.7. The number of ether oxygens (including phenoxy) is 1. The summed E-state index contributed by atoms with van der Waals surface area (Å²) >= 11 is 0. The van der Waals surface area contributed by atoms with Crippen LogP contribution in [-0.2, 0) is 0 Å². The average molecular weight is 300 g/mol. The van der Waals surface area contributed by atoms with Gasteiger partial charge < -0.3 is 19.4 Å². The van der Waals surface area contributed by atoms with Crippen LogP contribution >= 0.6 is 0 Å². The molecule has 1 N–H and O–H groups in total. The number of piperazine rings is 1. The molecule has 0 bridgehead atoms. The number of quaternary nitrogens is 1. The van der Waals surface area contributed by atoms with E-state index < -0.39 is 0 Å². The minimum Gasteiger partial charge on any atom is -0.462 e. The van der Waals surface area contributed by atoms with E-state index in [1.807, 2.05) is 18.2 Å². The van der Waals surface area contributed by atoms with Crippen molar-refractivity contribution >= 4 is 5.69 Å². The molecule has 2 atom stereocenters. The second kappa shape index (κ2) is 5.28. The van der Waals surface area contributed by atoms with Gasteiger partial charge in [-0.25, -0.2) is 0 Å². The Morgan fingerprint density at radius 2 is 2.00 bits per heavy atom. The highest BCUT2D eigenvalue weighted by molar-refractivity contribution is 5.61. The largest absolute Gasteiger partial charge is 0.462 e. The van der Waals surface area contributed by atoms with Crippen LogP contribution in [0.25, 0.3) is 0 Å². The van der Waals surface area contributed by atoms with Crippen molar-refractivity contribution in [3.8, 4) is 5.75 Å². The van der Waals surface area contributed by atoms with Gasteiger partial charge in [-0.05, 0) is 18.2 Å². The van der Waals surface area contributed by atoms with E-state index in [4.69, 9.17) is 4.74 Å². The number of likely N-dealkylation sites (N-methyl/N-ethyl adjacent to an activating group) is 2. The van der Waals surface area contributed by atoms with Crippen LogP contribution < -0.4 is 14.5 Å². The zero-order valence-corrected chi connectivity index (χ0v) is 13.1. The minimum absolute atomic E-state index is 0.106. The minimum atomic E-state index is -0.248. The van der Waals surface area contributed by atoms with Gasteiger partial charge in [-0.3, -0.25) is 0 Å². The zero-order chi connectivity index (χ0) is 15.1. The van der Waals surface area contributed by atoms with Gasteiger partial charge >= 0.3 is 0 Å². The van der Waals surface area contributed by atoms with E-state index in [0.717, 1.165) is 43.4 Å². The van der Waals surface area contributed by atoms with Crippen molar-refractivity contribution in [3.63, 3.8) is 0 Å². The fraction of sp³-hybridized carbons (Fsp3) is 0.500. The maximum absolute atomic E-state index is 5.99. The molecule has 0 aliphatic carbocycles. The number of hydrogen-bond donors (Lipinski definition) is 1. The van der Waals surface area contributed by atoms with Gasteiger partial charge in [0.25, 0.3) is 0 Å². The fourth-order valence-electron chi connectivity index (χ4n) is 3.27. The van der Waals surface area contributed by atoms with Crippen LogP contribution in [0.15, 0.2) is 46.4 Å². The molecular weight excluding hydrogens is 278 g/mol. The van der Waals surface area contributed by atoms with Crippen LogP contribution in [0.4, 0.5) is 5.69 Å². The van der Waals surface area contributed by atoms with E-state index in [0.29, 0.717) is 0 Å². The van der Waals surface area contributed by atoms with Gasteiger partial charge in [0.1, 0.15) is 17.6 Å². The van der Waals surface area contributed by atoms with Crippen LogP contribution in [0.1, 0.15) is 0 Å². The van der Waals surface area contributed by atoms with Crippen LogP contribution in [0, 0.1) is 0 Å². The van der Waals surface area contributed by atoms with E-state index in [2.05, 4.69) is 46.3 Å². The first kappa shape index (κ1) is 13.6. The Balaban J connectivity index is 1.59. The molecule has 1 fully saturated rings. The summed E-state index contributed by atoms with van der Waals surface area (Å²) in [5, 5.41) is 8.84. The van der Waals surface area contributed by atoms with Gasteiger partial charge in [0.15, 0.2) is 0 Å². The zero-order valence-electron chi connectivity index (χ0n) is 13.1. The van der Waals surface area contributed by atoms with Crippen LogP contribution in [0.5, 0.6) is 5.75 Å². The van der Waals surface area contributed by atoms with E-state index >= 15 is 0 Å². The Morgan fingerprint density at radius 3 is 2.82 bits per heavy atom. The van der Waals surface area contributed by atoms with Crippen molar-refractivity contribution in [1.29, 1.82) is 0 Å². The Hall–Kier alpha value is -2.08. The molecular formula is C16H22N5O+. The Labute approximate surface area is 130 Å². The quantitative estimate of drug-likeness (QED) is 0.814. The predicted molar refractivity (Wildman–Crippen MR) is 84.2 cm³/mol. The molecule has 3 aliphatic heterocycles. The highest BCUT2D eigenvalue weighted by Crippen LogP contribution is 2.37. The molecule has 0 unspecified atom stereocenters. The lowest BCUT2D eigenvalue weighted by atomic mass is 10.1. The summed E-state index contributed by atoms with van der Waals surface area (Å²) in [6.45, 7) is 4.37. The molecule has 1 aromatic carbocycles. The number of nitrogens with one attached hydrogen (secondary N) is 1. The van der Waals surface area contributed by atoms with Crippen molar-refractivity contribution in [1.82, 2.24) is 4.90 Å². The summed E-state index contributed by atoms with van der Waals surface area (Å²) in [5.74, 6) is 1.87. The molecule has 3 heterocycles. The highest BCUT2D eigenvalue weighted by Gasteiger charge is 2.36. The lowest BCUT2D eigenvalue weighted by Crippen LogP contribution is -3.11. The van der Waals surface area contributed by atoms with Crippen LogP contribution in [0.2, 0.25) is 0 Å². The monoisotopic (exact) mass is 300 g/mol. The summed E-state index contributed by atoms with van der Waals surface area (Å²) in [7, 11) is 4.34. The summed E-state index contributed by atoms with van der Waals surface area (Å²) in [4.78, 5) is 6.15. The summed E-state index contributed by atoms with van der Waals surface area (Å²) < 4.78 is 5.99. The number of azo groups is 1. The molecule has 1 aromatic rings. The van der Waals surface area contributed by atoms with Crippen molar-refractivity contribution in [2.24, 2.45) is 10.2 Å². The number of rotatable bonds is 1. The van der Waals surface area contributed by atoms with Gasteiger partial charge in [-0.2, -0.15) is 0 Å². The Morgan fingerprint density at radius 1 is 1.23 bits per heavy atom. The summed E-state index contributed by atoms with van der Waals surface area (Å²) in [5.41, 5.74) is 1.11. The van der Waals surface area contributed by atoms with E-state index in [1.165, 1.54) is 0 Å². The normalized spacial score (nSPS) is 27.8. The molecule has 4 rings (SSSR count). The number of benzene rings is 1. The molecule has 0 spiro atoms. The van der Waals surface area contributed by atoms with E-state index in [9.17, 15) is 0 Å². The third-order valence-corrected chi connectivity index (χ3v) is 4.77. The molecule has 0 aromatic heterocycles. The highest BCUT2D eigenvalue weighted by atomic mass is 16.5. The molecule has 0 amide bonds. The summed E-state index contributed by atoms with van der Waals surface area (Å²) in [6, 6.07) is 8.21. The second-order valence-electron chi connectivity index (χ2n) is 6.26. The van der Waals surface area contributed by atoms with Gasteiger partial charge in [-0.1, -0.05) is 12.1 Å². The van der Waals surface area contributed by atoms with Crippen molar-refractivity contribution in [3.05, 3.63) is 36.2 Å². The number of para-hydroxylation sites is 2. The maximum Gasteiger partial charge on any atom is 0.232 e. The SMILES string of the molecule is CN1c2ccccc2O[C@H]2N=NC(N3CC[NH+](C)CC3)=C[C@@H]21. The summed E-state index contributed by atoms with van der Waals surface area (Å²) in [6.07, 6.45) is 1.95. The average Bonchev–Trinajstić information content (AvgIpc) is 2.56. The Kier molecular flexibility index (Phi) is 3.26. The van der Waals surface area contributed by atoms with E-state index in [-0.39, 0.29) is 12.3 Å². The third-order valence-electron chi connectivity index (χ3n) is 4.77. The first-order valence-corrected chi connectivity index (χ1v) is 7.90. The molecule has 22 heavy (non-hydrogen) atoms. The molecule has 6 heteroatoms. The van der Waals surface area contributed by atoms with Crippen LogP contribution in [-0.4, -0.2) is 57.4 Å². The second-order valence-corrected chi connectivity index (χ2v) is 6.26. The fourth-order valence-corrected chi connectivity index (χ4v) is 3.27. The predicted octanol–water partition coefficient (Wildman–Crippen LogP) is 0.347. The standard InChI is InChI=1S/C16H21N5O/c1-19-7-9-21(10-8-19)15-11-13-16(18-17-15)22-14-6-4-3-5-12(14)20(13)2/h3-6,11,13,16H,7-10H2,1-2H3/p+1/t13-,16+/m0/s1. The first-order valence-electron chi connectivity index (χ1n) is 7.90. The number of anilines is 1. The van der Waals surface area contributed by atoms with Crippen molar-refractivity contribution in [2.75, 3.05) is 45.2 Å². The smallest absolute Gasteiger partial charge is 0.232 e. The lowest BCUT2D eigenvalue weighted by molar-refractivity contribution is -0.884. The molecule has 6 nitrogen and oxygen atoms in total. The Bertz CT molecular complexity index is 621. The molecule has 0 radical (unpaired) electrons. The molecule has 0 saturated carbocycles. The lowest BCUT2D eigenvalue weighted by Gasteiger charge is -2.40. The van der Waals surface area contributed by atoms with Gasteiger partial charge in [0, 0.05) is 7.05 Å². The van der Waals surface area contributed by atoms with Gasteiger partial charge in [0.05, 0.1) is 38.9 Å². The topological polar surface area (TPSA) is 44.9 Å². The number of fused-ring (bicyclic) bond motifs is 2. The maximum atomic E-state index is 5.99. The van der Waals surface area contributed by atoms with Gasteiger partial charge in [-0.15, -0.1) is 10.2 Å². The van der Waals surface area contributed by atoms with Crippen LogP contribution in [0.3, 0.4) is 0 Å². The van der Waals surface area contributed by atoms with Gasteiger partial charge in [0.2, 0.25) is 6.23 Å². The number of nitrogens with zero attached hydrogens (tertiary/aromatic N) is 4. The molecule has 116 valence electrons. The number of hydrogen-bond acceptors (Lipinski definition) is 5.